The van der Waals surface area contributed by atoms with E-state index in [-0.39, 0.29) is 17.5 Å². The highest BCUT2D eigenvalue weighted by molar-refractivity contribution is 5.94. The fourth-order valence-electron chi connectivity index (χ4n) is 5.03. The van der Waals surface area contributed by atoms with Gasteiger partial charge >= 0.3 is 0 Å². The SMILES string of the molecule is C=CCN1CC2CCC1(C(NC(=O)c1ccccc1)c1ccccc1)CC2.CC. The predicted octanol–water partition coefficient (Wildman–Crippen LogP) is 5.61. The van der Waals surface area contributed by atoms with E-state index in [1.165, 1.54) is 18.4 Å². The molecule has 1 saturated carbocycles. The van der Waals surface area contributed by atoms with Crippen molar-refractivity contribution in [3.8, 4) is 0 Å². The zero-order valence-electron chi connectivity index (χ0n) is 17.8. The highest BCUT2D eigenvalue weighted by Gasteiger charge is 2.51. The maximum Gasteiger partial charge on any atom is 0.251 e. The highest BCUT2D eigenvalue weighted by atomic mass is 16.1. The molecule has 2 bridgehead atoms. The second kappa shape index (κ2) is 9.89. The monoisotopic (exact) mass is 390 g/mol. The third-order valence-corrected chi connectivity index (χ3v) is 6.41. The first-order chi connectivity index (χ1) is 14.2. The van der Waals surface area contributed by atoms with Crippen LogP contribution in [0.2, 0.25) is 0 Å². The smallest absolute Gasteiger partial charge is 0.251 e. The lowest BCUT2D eigenvalue weighted by Crippen LogP contribution is -2.64. The van der Waals surface area contributed by atoms with E-state index in [2.05, 4.69) is 41.1 Å². The van der Waals surface area contributed by atoms with E-state index in [9.17, 15) is 4.79 Å². The van der Waals surface area contributed by atoms with Gasteiger partial charge in [0, 0.05) is 24.2 Å². The van der Waals surface area contributed by atoms with Gasteiger partial charge in [-0.15, -0.1) is 6.58 Å². The molecular weight excluding hydrogens is 356 g/mol. The summed E-state index contributed by atoms with van der Waals surface area (Å²) >= 11 is 0. The molecule has 3 nitrogen and oxygen atoms in total. The van der Waals surface area contributed by atoms with E-state index < -0.39 is 0 Å². The number of amides is 1. The average Bonchev–Trinajstić information content (AvgIpc) is 2.81. The zero-order valence-corrected chi connectivity index (χ0v) is 17.8. The Hall–Kier alpha value is -2.39. The Bertz CT molecular complexity index is 779. The maximum atomic E-state index is 13.1. The van der Waals surface area contributed by atoms with Gasteiger partial charge < -0.3 is 5.32 Å². The van der Waals surface area contributed by atoms with Crippen molar-refractivity contribution in [2.45, 2.75) is 51.1 Å². The van der Waals surface area contributed by atoms with Crippen LogP contribution in [0.15, 0.2) is 73.3 Å². The number of rotatable bonds is 6. The zero-order chi connectivity index (χ0) is 20.7. The molecule has 1 unspecified atom stereocenters. The highest BCUT2D eigenvalue weighted by Crippen LogP contribution is 2.49. The molecule has 2 heterocycles. The summed E-state index contributed by atoms with van der Waals surface area (Å²) in [7, 11) is 0. The summed E-state index contributed by atoms with van der Waals surface area (Å²) in [5.41, 5.74) is 1.88. The van der Waals surface area contributed by atoms with Crippen molar-refractivity contribution in [1.82, 2.24) is 10.2 Å². The molecule has 5 rings (SSSR count). The van der Waals surface area contributed by atoms with Gasteiger partial charge in [-0.3, -0.25) is 9.69 Å². The summed E-state index contributed by atoms with van der Waals surface area (Å²) in [5, 5.41) is 3.41. The Kier molecular flexibility index (Phi) is 7.27. The standard InChI is InChI=1S/C24H28N2O.C2H6/c1-2-17-26-18-19-13-15-24(26,16-14-19)22(20-9-5-3-6-10-20)25-23(27)21-11-7-4-8-12-21;1-2/h2-12,19,22H,1,13-18H2,(H,25,27);1-2H3. The van der Waals surface area contributed by atoms with Crippen molar-refractivity contribution in [3.63, 3.8) is 0 Å². The fraction of sp³-hybridized carbons (Fsp3) is 0.423. The topological polar surface area (TPSA) is 32.3 Å². The van der Waals surface area contributed by atoms with Crippen molar-refractivity contribution >= 4 is 5.91 Å². The Labute approximate surface area is 175 Å². The lowest BCUT2D eigenvalue weighted by Gasteiger charge is -2.58. The summed E-state index contributed by atoms with van der Waals surface area (Å²) in [6, 6.07) is 20.0. The van der Waals surface area contributed by atoms with Crippen LogP contribution in [0.4, 0.5) is 0 Å². The molecule has 1 aliphatic carbocycles. The second-order valence-corrected chi connectivity index (χ2v) is 7.92. The number of carbonyl (C=O) groups excluding carboxylic acids is 1. The first kappa shape index (κ1) is 21.3. The first-order valence-corrected chi connectivity index (χ1v) is 11.0. The Balaban J connectivity index is 0.00000117. The summed E-state index contributed by atoms with van der Waals surface area (Å²) in [6.45, 7) is 9.96. The summed E-state index contributed by atoms with van der Waals surface area (Å²) in [6.07, 6.45) is 6.75. The van der Waals surface area contributed by atoms with Crippen LogP contribution >= 0.6 is 0 Å². The molecule has 2 aliphatic heterocycles. The lowest BCUT2D eigenvalue weighted by atomic mass is 9.65. The van der Waals surface area contributed by atoms with Crippen molar-refractivity contribution in [2.75, 3.05) is 13.1 Å². The Morgan fingerprint density at radius 2 is 1.69 bits per heavy atom. The van der Waals surface area contributed by atoms with Crippen LogP contribution in [0, 0.1) is 5.92 Å². The third-order valence-electron chi connectivity index (χ3n) is 6.41. The van der Waals surface area contributed by atoms with Crippen LogP contribution in [0.3, 0.4) is 0 Å². The van der Waals surface area contributed by atoms with Crippen molar-refractivity contribution in [2.24, 2.45) is 5.92 Å². The molecule has 2 aromatic rings. The van der Waals surface area contributed by atoms with E-state index in [1.54, 1.807) is 0 Å². The molecule has 1 N–H and O–H groups in total. The van der Waals surface area contributed by atoms with Gasteiger partial charge in [0.25, 0.3) is 5.91 Å². The summed E-state index contributed by atoms with van der Waals surface area (Å²) in [5.74, 6) is 0.790. The van der Waals surface area contributed by atoms with E-state index in [0.717, 1.165) is 37.4 Å². The second-order valence-electron chi connectivity index (χ2n) is 7.92. The summed E-state index contributed by atoms with van der Waals surface area (Å²) < 4.78 is 0. The molecule has 2 saturated heterocycles. The van der Waals surface area contributed by atoms with E-state index in [0.29, 0.717) is 0 Å². The van der Waals surface area contributed by atoms with E-state index in [1.807, 2.05) is 56.3 Å². The number of benzene rings is 2. The number of piperidine rings is 2. The molecule has 154 valence electrons. The minimum atomic E-state index is -0.0330. The van der Waals surface area contributed by atoms with Crippen molar-refractivity contribution < 1.29 is 4.79 Å². The molecule has 1 amide bonds. The van der Waals surface area contributed by atoms with Gasteiger partial charge in [0.15, 0.2) is 0 Å². The minimum absolute atomic E-state index is 0.00470. The van der Waals surface area contributed by atoms with Gasteiger partial charge in [-0.2, -0.15) is 0 Å². The Morgan fingerprint density at radius 3 is 2.28 bits per heavy atom. The number of fused-ring (bicyclic) bond motifs is 3. The van der Waals surface area contributed by atoms with Crippen LogP contribution in [0.5, 0.6) is 0 Å². The van der Waals surface area contributed by atoms with Gasteiger partial charge in [0.2, 0.25) is 0 Å². The quantitative estimate of drug-likeness (QED) is 0.650. The minimum Gasteiger partial charge on any atom is -0.343 e. The van der Waals surface area contributed by atoms with E-state index >= 15 is 0 Å². The largest absolute Gasteiger partial charge is 0.343 e. The number of nitrogens with zero attached hydrogens (tertiary/aromatic N) is 1. The Morgan fingerprint density at radius 1 is 1.10 bits per heavy atom. The molecule has 2 aromatic carbocycles. The molecular formula is C26H34N2O. The molecule has 0 radical (unpaired) electrons. The molecule has 1 atom stereocenters. The first-order valence-electron chi connectivity index (χ1n) is 11.0. The molecule has 29 heavy (non-hydrogen) atoms. The van der Waals surface area contributed by atoms with Crippen LogP contribution in [0.25, 0.3) is 0 Å². The summed E-state index contributed by atoms with van der Waals surface area (Å²) in [4.78, 5) is 15.6. The van der Waals surface area contributed by atoms with Crippen molar-refractivity contribution in [3.05, 3.63) is 84.4 Å². The van der Waals surface area contributed by atoms with Gasteiger partial charge in [0.1, 0.15) is 0 Å². The van der Waals surface area contributed by atoms with Gasteiger partial charge in [0.05, 0.1) is 6.04 Å². The molecule has 3 aliphatic rings. The van der Waals surface area contributed by atoms with Crippen molar-refractivity contribution in [1.29, 1.82) is 0 Å². The van der Waals surface area contributed by atoms with Gasteiger partial charge in [-0.1, -0.05) is 68.5 Å². The molecule has 0 spiro atoms. The number of hydrogen-bond donors (Lipinski definition) is 1. The molecule has 3 heteroatoms. The van der Waals surface area contributed by atoms with Gasteiger partial charge in [-0.05, 0) is 49.3 Å². The predicted molar refractivity (Wildman–Crippen MR) is 121 cm³/mol. The lowest BCUT2D eigenvalue weighted by molar-refractivity contribution is -0.0504. The number of carbonyl (C=O) groups is 1. The van der Waals surface area contributed by atoms with Crippen LogP contribution < -0.4 is 5.32 Å². The normalized spacial score (nSPS) is 24.1. The molecule has 3 fully saturated rings. The van der Waals surface area contributed by atoms with Crippen LogP contribution in [-0.4, -0.2) is 29.4 Å². The number of nitrogens with one attached hydrogen (secondary N) is 1. The average molecular weight is 391 g/mol. The van der Waals surface area contributed by atoms with Crippen LogP contribution in [-0.2, 0) is 0 Å². The third kappa shape index (κ3) is 4.45. The van der Waals surface area contributed by atoms with Gasteiger partial charge in [-0.25, -0.2) is 0 Å². The fourth-order valence-corrected chi connectivity index (χ4v) is 5.03. The van der Waals surface area contributed by atoms with E-state index in [4.69, 9.17) is 0 Å². The number of hydrogen-bond acceptors (Lipinski definition) is 2. The maximum absolute atomic E-state index is 13.1. The molecule has 0 aromatic heterocycles. The van der Waals surface area contributed by atoms with Crippen LogP contribution in [0.1, 0.15) is 61.5 Å².